The quantitative estimate of drug-likeness (QED) is 0.775. The fourth-order valence-electron chi connectivity index (χ4n) is 1.88. The molecule has 0 aliphatic carbocycles. The second-order valence-electron chi connectivity index (χ2n) is 4.65. The molecule has 0 heterocycles. The number of ether oxygens (including phenoxy) is 1. The smallest absolute Gasteiger partial charge is 0.405 e. The minimum Gasteiger partial charge on any atom is -0.493 e. The van der Waals surface area contributed by atoms with Gasteiger partial charge in [-0.1, -0.05) is 13.8 Å². The SMILES string of the molecule is CCCOc1cc(N)cc(N(CCC)CC(F)(F)F)c1. The van der Waals surface area contributed by atoms with Gasteiger partial charge in [0.05, 0.1) is 6.61 Å². The number of hydrogen-bond donors (Lipinski definition) is 1. The molecule has 3 nitrogen and oxygen atoms in total. The van der Waals surface area contributed by atoms with Crippen LogP contribution < -0.4 is 15.4 Å². The van der Waals surface area contributed by atoms with Crippen molar-refractivity contribution < 1.29 is 17.9 Å². The van der Waals surface area contributed by atoms with E-state index in [1.807, 2.05) is 13.8 Å². The number of hydrogen-bond acceptors (Lipinski definition) is 3. The van der Waals surface area contributed by atoms with Gasteiger partial charge < -0.3 is 15.4 Å². The van der Waals surface area contributed by atoms with E-state index in [4.69, 9.17) is 10.5 Å². The Balaban J connectivity index is 2.96. The van der Waals surface area contributed by atoms with Crippen molar-refractivity contribution in [3.8, 4) is 5.75 Å². The maximum absolute atomic E-state index is 12.6. The van der Waals surface area contributed by atoms with Gasteiger partial charge in [-0.25, -0.2) is 0 Å². The van der Waals surface area contributed by atoms with Crippen LogP contribution in [-0.4, -0.2) is 25.9 Å². The van der Waals surface area contributed by atoms with Gasteiger partial charge in [0.15, 0.2) is 0 Å². The highest BCUT2D eigenvalue weighted by molar-refractivity contribution is 5.60. The standard InChI is InChI=1S/C14H21F3N2O/c1-3-5-19(10-14(15,16)17)12-7-11(18)8-13(9-12)20-6-4-2/h7-9H,3-6,10,18H2,1-2H3. The lowest BCUT2D eigenvalue weighted by atomic mass is 10.2. The highest BCUT2D eigenvalue weighted by Gasteiger charge is 2.30. The number of rotatable bonds is 7. The van der Waals surface area contributed by atoms with Gasteiger partial charge in [-0.2, -0.15) is 13.2 Å². The van der Waals surface area contributed by atoms with Crippen molar-refractivity contribution in [3.05, 3.63) is 18.2 Å². The van der Waals surface area contributed by atoms with E-state index in [2.05, 4.69) is 0 Å². The highest BCUT2D eigenvalue weighted by Crippen LogP contribution is 2.28. The van der Waals surface area contributed by atoms with Crippen LogP contribution in [0.4, 0.5) is 24.5 Å². The lowest BCUT2D eigenvalue weighted by molar-refractivity contribution is -0.119. The number of alkyl halides is 3. The first-order valence-corrected chi connectivity index (χ1v) is 6.70. The Bertz CT molecular complexity index is 421. The molecular weight excluding hydrogens is 269 g/mol. The summed E-state index contributed by atoms with van der Waals surface area (Å²) in [6.07, 6.45) is -2.80. The Kier molecular flexibility index (Phi) is 5.98. The highest BCUT2D eigenvalue weighted by atomic mass is 19.4. The van der Waals surface area contributed by atoms with E-state index in [-0.39, 0.29) is 0 Å². The number of nitrogens with two attached hydrogens (primary N) is 1. The number of nitrogen functional groups attached to an aromatic ring is 1. The van der Waals surface area contributed by atoms with Gasteiger partial charge in [0, 0.05) is 30.1 Å². The molecule has 0 radical (unpaired) electrons. The molecule has 0 aromatic heterocycles. The summed E-state index contributed by atoms with van der Waals surface area (Å²) in [5, 5.41) is 0. The van der Waals surface area contributed by atoms with E-state index in [9.17, 15) is 13.2 Å². The molecule has 0 bridgehead atoms. The van der Waals surface area contributed by atoms with Crippen LogP contribution in [0.1, 0.15) is 26.7 Å². The summed E-state index contributed by atoms with van der Waals surface area (Å²) in [6, 6.07) is 4.77. The summed E-state index contributed by atoms with van der Waals surface area (Å²) in [7, 11) is 0. The van der Waals surface area contributed by atoms with Crippen LogP contribution in [0.3, 0.4) is 0 Å². The van der Waals surface area contributed by atoms with Crippen molar-refractivity contribution in [2.75, 3.05) is 30.3 Å². The van der Waals surface area contributed by atoms with E-state index in [1.165, 1.54) is 4.90 Å². The van der Waals surface area contributed by atoms with Crippen molar-refractivity contribution in [3.63, 3.8) is 0 Å². The van der Waals surface area contributed by atoms with Gasteiger partial charge in [-0.15, -0.1) is 0 Å². The maximum atomic E-state index is 12.6. The fraction of sp³-hybridized carbons (Fsp3) is 0.571. The Hall–Kier alpha value is -1.59. The average Bonchev–Trinajstić information content (AvgIpc) is 2.33. The van der Waals surface area contributed by atoms with Crippen molar-refractivity contribution in [2.45, 2.75) is 32.9 Å². The lowest BCUT2D eigenvalue weighted by Crippen LogP contribution is -2.34. The number of halogens is 3. The van der Waals surface area contributed by atoms with E-state index < -0.39 is 12.7 Å². The third kappa shape index (κ3) is 5.59. The minimum absolute atomic E-state index is 0.316. The molecule has 0 unspecified atom stereocenters. The number of anilines is 2. The predicted molar refractivity (Wildman–Crippen MR) is 75.2 cm³/mol. The average molecular weight is 290 g/mol. The van der Waals surface area contributed by atoms with Gasteiger partial charge in [-0.05, 0) is 18.9 Å². The summed E-state index contributed by atoms with van der Waals surface area (Å²) in [6.45, 7) is 3.63. The number of benzene rings is 1. The molecule has 0 atom stereocenters. The molecule has 0 aliphatic heterocycles. The molecule has 0 saturated heterocycles. The maximum Gasteiger partial charge on any atom is 0.405 e. The zero-order valence-electron chi connectivity index (χ0n) is 11.8. The van der Waals surface area contributed by atoms with Crippen molar-refractivity contribution in [2.24, 2.45) is 0 Å². The third-order valence-corrected chi connectivity index (χ3v) is 2.62. The summed E-state index contributed by atoms with van der Waals surface area (Å²) in [5.41, 5.74) is 6.58. The van der Waals surface area contributed by atoms with Crippen LogP contribution in [0.5, 0.6) is 5.75 Å². The molecule has 0 spiro atoms. The summed E-state index contributed by atoms with van der Waals surface area (Å²) < 4.78 is 43.3. The van der Waals surface area contributed by atoms with Crippen LogP contribution in [0.2, 0.25) is 0 Å². The first-order chi connectivity index (χ1) is 9.35. The van der Waals surface area contributed by atoms with Crippen molar-refractivity contribution in [1.29, 1.82) is 0 Å². The summed E-state index contributed by atoms with van der Waals surface area (Å²) in [4.78, 5) is 1.27. The monoisotopic (exact) mass is 290 g/mol. The van der Waals surface area contributed by atoms with Crippen LogP contribution in [0.15, 0.2) is 18.2 Å². The van der Waals surface area contributed by atoms with E-state index >= 15 is 0 Å². The largest absolute Gasteiger partial charge is 0.493 e. The van der Waals surface area contributed by atoms with Crippen LogP contribution >= 0.6 is 0 Å². The molecule has 0 amide bonds. The molecule has 6 heteroatoms. The fourth-order valence-corrected chi connectivity index (χ4v) is 1.88. The number of nitrogens with zero attached hydrogens (tertiary/aromatic N) is 1. The molecule has 1 aromatic rings. The van der Waals surface area contributed by atoms with E-state index in [0.717, 1.165) is 6.42 Å². The molecule has 20 heavy (non-hydrogen) atoms. The molecule has 0 aliphatic rings. The Morgan fingerprint density at radius 1 is 1.15 bits per heavy atom. The minimum atomic E-state index is -4.25. The second-order valence-corrected chi connectivity index (χ2v) is 4.65. The van der Waals surface area contributed by atoms with Crippen LogP contribution in [0, 0.1) is 0 Å². The zero-order chi connectivity index (χ0) is 15.2. The molecule has 1 aromatic carbocycles. The van der Waals surface area contributed by atoms with Gasteiger partial charge in [0.1, 0.15) is 12.3 Å². The van der Waals surface area contributed by atoms with Crippen molar-refractivity contribution in [1.82, 2.24) is 0 Å². The summed E-state index contributed by atoms with van der Waals surface area (Å²) in [5.74, 6) is 0.505. The molecular formula is C14H21F3N2O. The summed E-state index contributed by atoms with van der Waals surface area (Å²) >= 11 is 0. The zero-order valence-corrected chi connectivity index (χ0v) is 11.8. The van der Waals surface area contributed by atoms with E-state index in [1.54, 1.807) is 18.2 Å². The van der Waals surface area contributed by atoms with Crippen LogP contribution in [0.25, 0.3) is 0 Å². The van der Waals surface area contributed by atoms with Gasteiger partial charge in [-0.3, -0.25) is 0 Å². The predicted octanol–water partition coefficient (Wildman–Crippen LogP) is 3.84. The molecule has 1 rings (SSSR count). The lowest BCUT2D eigenvalue weighted by Gasteiger charge is -2.26. The molecule has 2 N–H and O–H groups in total. The molecule has 0 saturated carbocycles. The third-order valence-electron chi connectivity index (χ3n) is 2.62. The normalized spacial score (nSPS) is 11.4. The topological polar surface area (TPSA) is 38.5 Å². The second kappa shape index (κ2) is 7.26. The Morgan fingerprint density at radius 2 is 1.85 bits per heavy atom. The van der Waals surface area contributed by atoms with E-state index in [0.29, 0.717) is 36.7 Å². The van der Waals surface area contributed by atoms with Gasteiger partial charge in [0.2, 0.25) is 0 Å². The van der Waals surface area contributed by atoms with Crippen molar-refractivity contribution >= 4 is 11.4 Å². The molecule has 114 valence electrons. The first kappa shape index (κ1) is 16.5. The van der Waals surface area contributed by atoms with Crippen LogP contribution in [-0.2, 0) is 0 Å². The first-order valence-electron chi connectivity index (χ1n) is 6.70. The van der Waals surface area contributed by atoms with Gasteiger partial charge in [0.25, 0.3) is 0 Å². The van der Waals surface area contributed by atoms with Gasteiger partial charge >= 0.3 is 6.18 Å². The Labute approximate surface area is 117 Å². The molecule has 0 fully saturated rings. The Morgan fingerprint density at radius 3 is 2.40 bits per heavy atom.